The Morgan fingerprint density at radius 1 is 0.596 bits per heavy atom. The summed E-state index contributed by atoms with van der Waals surface area (Å²) in [7, 11) is 0. The first-order chi connectivity index (χ1) is 25.4. The highest BCUT2D eigenvalue weighted by Crippen LogP contribution is 2.45. The van der Waals surface area contributed by atoms with E-state index >= 15 is 0 Å². The molecule has 252 valence electrons. The highest BCUT2D eigenvalue weighted by molar-refractivity contribution is 6.09. The van der Waals surface area contributed by atoms with Crippen LogP contribution in [0.3, 0.4) is 0 Å². The van der Waals surface area contributed by atoms with E-state index in [9.17, 15) is 0 Å². The van der Waals surface area contributed by atoms with Gasteiger partial charge in [-0.1, -0.05) is 63.2 Å². The highest BCUT2D eigenvalue weighted by atomic mass is 16.5. The van der Waals surface area contributed by atoms with Crippen molar-refractivity contribution in [2.75, 3.05) is 16.5 Å². The molecule has 52 heavy (non-hydrogen) atoms. The summed E-state index contributed by atoms with van der Waals surface area (Å²) < 4.78 is 15.0. The lowest BCUT2D eigenvalue weighted by molar-refractivity contribution is 0.483. The van der Waals surface area contributed by atoms with Crippen LogP contribution in [0, 0.1) is 0 Å². The summed E-state index contributed by atoms with van der Waals surface area (Å²) in [6.45, 7) is 7.32. The second-order valence-electron chi connectivity index (χ2n) is 14.4. The minimum absolute atomic E-state index is 0.000978. The maximum atomic E-state index is 6.63. The van der Waals surface area contributed by atoms with Crippen molar-refractivity contribution >= 4 is 66.5 Å². The lowest BCUT2D eigenvalue weighted by atomic mass is 9.88. The van der Waals surface area contributed by atoms with Gasteiger partial charge in [0.2, 0.25) is 0 Å². The fourth-order valence-electron chi connectivity index (χ4n) is 7.55. The summed E-state index contributed by atoms with van der Waals surface area (Å²) in [6.07, 6.45) is 5.70. The van der Waals surface area contributed by atoms with E-state index in [1.165, 1.54) is 10.9 Å². The predicted octanol–water partition coefficient (Wildman–Crippen LogP) is 11.8. The van der Waals surface area contributed by atoms with Crippen LogP contribution in [0.15, 0.2) is 150 Å². The molecular formula is C45H35N5O2. The Bertz CT molecular complexity index is 2830. The molecule has 0 saturated heterocycles. The second kappa shape index (κ2) is 11.5. The number of hydrogen-bond donors (Lipinski definition) is 0. The maximum Gasteiger partial charge on any atom is 0.137 e. The standard InChI is InChI=1S/C45H35N5O2/c1-45(2,3)29-19-22-47-44(23-29)50-38-13-6-4-11-34(38)35-17-16-33(26-40(35)50)51-32-10-8-9-30(24-32)49-28-48(39-20-21-46-27-41(39)49)31-15-18-43-37(25-31)36-12-5-7-14-42(36)52-43/h4-27H,28H2,1-3H3. The maximum absolute atomic E-state index is 6.63. The van der Waals surface area contributed by atoms with Crippen LogP contribution in [0.4, 0.5) is 22.7 Å². The molecule has 0 fully saturated rings. The van der Waals surface area contributed by atoms with Crippen molar-refractivity contribution in [1.82, 2.24) is 14.5 Å². The average molecular weight is 678 g/mol. The minimum atomic E-state index is 0.000978. The van der Waals surface area contributed by atoms with Crippen molar-refractivity contribution in [3.8, 4) is 17.3 Å². The molecule has 0 unspecified atom stereocenters. The van der Waals surface area contributed by atoms with Gasteiger partial charge in [-0.15, -0.1) is 0 Å². The fourth-order valence-corrected chi connectivity index (χ4v) is 7.55. The normalized spacial score (nSPS) is 13.1. The molecule has 10 rings (SSSR count). The Kier molecular flexibility index (Phi) is 6.67. The first-order valence-corrected chi connectivity index (χ1v) is 17.6. The van der Waals surface area contributed by atoms with E-state index in [0.29, 0.717) is 6.67 Å². The Labute approximate surface area is 300 Å². The van der Waals surface area contributed by atoms with E-state index in [1.54, 1.807) is 0 Å². The smallest absolute Gasteiger partial charge is 0.137 e. The molecule has 7 heteroatoms. The van der Waals surface area contributed by atoms with Gasteiger partial charge in [0, 0.05) is 57.4 Å². The van der Waals surface area contributed by atoms with Crippen LogP contribution in [0.5, 0.6) is 11.5 Å². The molecule has 7 nitrogen and oxygen atoms in total. The van der Waals surface area contributed by atoms with Crippen molar-refractivity contribution < 1.29 is 9.15 Å². The van der Waals surface area contributed by atoms with Gasteiger partial charge in [-0.05, 0) is 83.8 Å². The fraction of sp³-hybridized carbons (Fsp3) is 0.111. The van der Waals surface area contributed by atoms with Gasteiger partial charge in [-0.3, -0.25) is 9.55 Å². The molecule has 0 atom stereocenters. The lowest BCUT2D eigenvalue weighted by Gasteiger charge is -2.22. The average Bonchev–Trinajstić information content (AvgIpc) is 3.84. The quantitative estimate of drug-likeness (QED) is 0.181. The topological polar surface area (TPSA) is 59.6 Å². The highest BCUT2D eigenvalue weighted by Gasteiger charge is 2.29. The van der Waals surface area contributed by atoms with E-state index in [1.807, 2.05) is 42.9 Å². The van der Waals surface area contributed by atoms with E-state index < -0.39 is 0 Å². The lowest BCUT2D eigenvalue weighted by Crippen LogP contribution is -2.23. The molecule has 0 N–H and O–H groups in total. The summed E-state index contributed by atoms with van der Waals surface area (Å²) >= 11 is 0. The van der Waals surface area contributed by atoms with Gasteiger partial charge in [0.15, 0.2) is 0 Å². The van der Waals surface area contributed by atoms with Crippen molar-refractivity contribution in [2.45, 2.75) is 26.2 Å². The van der Waals surface area contributed by atoms with Crippen LogP contribution in [0.1, 0.15) is 26.3 Å². The van der Waals surface area contributed by atoms with Crippen molar-refractivity contribution in [3.05, 3.63) is 152 Å². The number of benzene rings is 5. The summed E-state index contributed by atoms with van der Waals surface area (Å²) in [5.74, 6) is 2.40. The molecule has 1 aliphatic rings. The summed E-state index contributed by atoms with van der Waals surface area (Å²) in [6, 6.07) is 44.1. The molecule has 0 amide bonds. The van der Waals surface area contributed by atoms with E-state index in [0.717, 1.165) is 78.4 Å². The van der Waals surface area contributed by atoms with Gasteiger partial charge in [0.25, 0.3) is 0 Å². The Hall–Kier alpha value is -6.60. The number of furan rings is 1. The minimum Gasteiger partial charge on any atom is -0.457 e. The molecule has 0 spiro atoms. The van der Waals surface area contributed by atoms with Gasteiger partial charge in [-0.25, -0.2) is 4.98 Å². The SMILES string of the molecule is CC(C)(C)c1ccnc(-n2c3ccccc3c3ccc(Oc4cccc(N5CN(c6ccc7oc8ccccc8c7c6)c6ccncc65)c4)cc32)c1. The molecule has 0 radical (unpaired) electrons. The third-order valence-electron chi connectivity index (χ3n) is 10.2. The van der Waals surface area contributed by atoms with Crippen LogP contribution < -0.4 is 14.5 Å². The number of fused-ring (bicyclic) bond motifs is 7. The number of aromatic nitrogens is 3. The van der Waals surface area contributed by atoms with Crippen LogP contribution in [0.2, 0.25) is 0 Å². The molecule has 1 aliphatic heterocycles. The van der Waals surface area contributed by atoms with Gasteiger partial charge in [-0.2, -0.15) is 0 Å². The predicted molar refractivity (Wildman–Crippen MR) is 211 cm³/mol. The molecule has 5 heterocycles. The van der Waals surface area contributed by atoms with E-state index in [-0.39, 0.29) is 5.41 Å². The third-order valence-corrected chi connectivity index (χ3v) is 10.2. The number of para-hydroxylation sites is 2. The Morgan fingerprint density at radius 3 is 2.27 bits per heavy atom. The van der Waals surface area contributed by atoms with E-state index in [4.69, 9.17) is 14.1 Å². The van der Waals surface area contributed by atoms with Crippen LogP contribution >= 0.6 is 0 Å². The second-order valence-corrected chi connectivity index (χ2v) is 14.4. The summed E-state index contributed by atoms with van der Waals surface area (Å²) in [4.78, 5) is 13.9. The van der Waals surface area contributed by atoms with Crippen LogP contribution in [-0.2, 0) is 5.41 Å². The number of anilines is 4. The van der Waals surface area contributed by atoms with Crippen molar-refractivity contribution in [3.63, 3.8) is 0 Å². The number of rotatable bonds is 5. The molecule has 4 aromatic heterocycles. The Morgan fingerprint density at radius 2 is 1.37 bits per heavy atom. The van der Waals surface area contributed by atoms with Crippen LogP contribution in [0.25, 0.3) is 49.6 Å². The number of ether oxygens (including phenoxy) is 1. The zero-order valence-electron chi connectivity index (χ0n) is 29.1. The van der Waals surface area contributed by atoms with Gasteiger partial charge in [0.05, 0.1) is 28.6 Å². The first kappa shape index (κ1) is 30.2. The molecule has 0 bridgehead atoms. The van der Waals surface area contributed by atoms with Crippen LogP contribution in [-0.4, -0.2) is 21.2 Å². The zero-order chi connectivity index (χ0) is 35.0. The largest absolute Gasteiger partial charge is 0.457 e. The number of pyridine rings is 2. The van der Waals surface area contributed by atoms with Gasteiger partial charge >= 0.3 is 0 Å². The van der Waals surface area contributed by atoms with Gasteiger partial charge in [0.1, 0.15) is 35.2 Å². The summed E-state index contributed by atoms with van der Waals surface area (Å²) in [5, 5.41) is 4.55. The Balaban J connectivity index is 1.00. The van der Waals surface area contributed by atoms with Crippen molar-refractivity contribution in [2.24, 2.45) is 0 Å². The zero-order valence-corrected chi connectivity index (χ0v) is 29.1. The molecule has 9 aromatic rings. The number of nitrogens with zero attached hydrogens (tertiary/aromatic N) is 5. The third kappa shape index (κ3) is 4.88. The molecule has 5 aromatic carbocycles. The molecular weight excluding hydrogens is 643 g/mol. The summed E-state index contributed by atoms with van der Waals surface area (Å²) in [5.41, 5.74) is 9.41. The monoisotopic (exact) mass is 677 g/mol. The number of hydrogen-bond acceptors (Lipinski definition) is 6. The first-order valence-electron chi connectivity index (χ1n) is 17.6. The molecule has 0 saturated carbocycles. The van der Waals surface area contributed by atoms with E-state index in [2.05, 4.69) is 143 Å². The van der Waals surface area contributed by atoms with Gasteiger partial charge < -0.3 is 19.0 Å². The molecule has 0 aliphatic carbocycles. The van der Waals surface area contributed by atoms with Crippen molar-refractivity contribution in [1.29, 1.82) is 0 Å².